The van der Waals surface area contributed by atoms with Gasteiger partial charge in [0, 0.05) is 13.2 Å². The van der Waals surface area contributed by atoms with Crippen molar-refractivity contribution in [1.82, 2.24) is 4.90 Å². The zero-order chi connectivity index (χ0) is 31.8. The maximum absolute atomic E-state index is 13.6. The van der Waals surface area contributed by atoms with Crippen molar-refractivity contribution >= 4 is 39.2 Å². The van der Waals surface area contributed by atoms with Gasteiger partial charge in [0.15, 0.2) is 17.6 Å². The molecule has 0 aliphatic carbocycles. The standard InChI is InChI=1S/C27H30N2O13S/c1-4-40-18-10-13(8-9-17(18)41-27-22(33)20(31)21(32)23(42-27)26(36)37)16(11-43(3,38)39)29-24(34)14-6-5-7-15(28-12(2)30)19(14)25(29)35/h5-10,16,20-23,27,31-33H,4,11H2,1-3H3,(H,28,30)(H,36,37)/t16-,20+,21+,22-,23+,27-/m1/s1. The summed E-state index contributed by atoms with van der Waals surface area (Å²) in [5.41, 5.74) is 0.0989. The van der Waals surface area contributed by atoms with E-state index in [2.05, 4.69) is 5.32 Å². The number of carbonyl (C=O) groups is 4. The second-order valence-corrected chi connectivity index (χ2v) is 12.2. The van der Waals surface area contributed by atoms with E-state index in [1.807, 2.05) is 0 Å². The van der Waals surface area contributed by atoms with Gasteiger partial charge < -0.3 is 40.0 Å². The van der Waals surface area contributed by atoms with Crippen LogP contribution in [0.4, 0.5) is 5.69 Å². The molecular weight excluding hydrogens is 592 g/mol. The number of anilines is 1. The lowest BCUT2D eigenvalue weighted by Crippen LogP contribution is -2.61. The van der Waals surface area contributed by atoms with Crippen molar-refractivity contribution in [2.75, 3.05) is 23.9 Å². The molecule has 2 heterocycles. The van der Waals surface area contributed by atoms with Gasteiger partial charge >= 0.3 is 5.97 Å². The SMILES string of the molecule is CCOc1cc([C@@H](CS(C)(=O)=O)N2C(=O)c3cccc(NC(C)=O)c3C2=O)ccc1O[C@@H]1O[C@H](C(=O)O)[C@@H](O)[C@H](O)[C@H]1O. The topological polar surface area (TPSA) is 226 Å². The minimum Gasteiger partial charge on any atom is -0.490 e. The van der Waals surface area contributed by atoms with Crippen LogP contribution in [0.5, 0.6) is 11.5 Å². The number of ether oxygens (including phenoxy) is 3. The van der Waals surface area contributed by atoms with Gasteiger partial charge in [-0.2, -0.15) is 0 Å². The summed E-state index contributed by atoms with van der Waals surface area (Å²) in [6, 6.07) is 6.84. The van der Waals surface area contributed by atoms with E-state index in [4.69, 9.17) is 14.2 Å². The van der Waals surface area contributed by atoms with Gasteiger partial charge in [0.25, 0.3) is 11.8 Å². The highest BCUT2D eigenvalue weighted by Gasteiger charge is 2.48. The van der Waals surface area contributed by atoms with Crippen LogP contribution in [0.2, 0.25) is 0 Å². The minimum atomic E-state index is -3.81. The molecule has 2 aliphatic heterocycles. The van der Waals surface area contributed by atoms with Crippen LogP contribution in [0.1, 0.15) is 46.2 Å². The Morgan fingerprint density at radius 2 is 1.74 bits per heavy atom. The summed E-state index contributed by atoms with van der Waals surface area (Å²) in [6.45, 7) is 2.90. The number of fused-ring (bicyclic) bond motifs is 1. The number of carbonyl (C=O) groups excluding carboxylic acids is 3. The predicted molar refractivity (Wildman–Crippen MR) is 146 cm³/mol. The summed E-state index contributed by atoms with van der Waals surface area (Å²) in [6.07, 6.45) is -8.49. The molecule has 43 heavy (non-hydrogen) atoms. The highest BCUT2D eigenvalue weighted by Crippen LogP contribution is 2.39. The van der Waals surface area contributed by atoms with Gasteiger partial charge in [-0.1, -0.05) is 12.1 Å². The van der Waals surface area contributed by atoms with Crippen LogP contribution in [-0.4, -0.2) is 107 Å². The zero-order valence-corrected chi connectivity index (χ0v) is 24.0. The molecule has 2 aromatic carbocycles. The van der Waals surface area contributed by atoms with Gasteiger partial charge in [-0.3, -0.25) is 19.3 Å². The Bertz CT molecular complexity index is 1560. The Labute approximate surface area is 245 Å². The smallest absolute Gasteiger partial charge is 0.335 e. The average Bonchev–Trinajstić information content (AvgIpc) is 3.17. The van der Waals surface area contributed by atoms with Crippen LogP contribution in [0.25, 0.3) is 0 Å². The van der Waals surface area contributed by atoms with Crippen molar-refractivity contribution < 1.29 is 62.2 Å². The molecule has 2 aliphatic rings. The van der Waals surface area contributed by atoms with Crippen molar-refractivity contribution in [3.63, 3.8) is 0 Å². The molecule has 0 spiro atoms. The number of carboxylic acid groups (broad SMARTS) is 1. The number of rotatable bonds is 10. The Hall–Kier alpha value is -4.09. The first kappa shape index (κ1) is 31.8. The maximum Gasteiger partial charge on any atom is 0.335 e. The molecule has 4 rings (SSSR count). The Kier molecular flexibility index (Phi) is 9.08. The van der Waals surface area contributed by atoms with Crippen molar-refractivity contribution in [3.05, 3.63) is 53.1 Å². The first-order chi connectivity index (χ1) is 20.1. The fourth-order valence-electron chi connectivity index (χ4n) is 4.86. The van der Waals surface area contributed by atoms with E-state index in [1.165, 1.54) is 43.3 Å². The van der Waals surface area contributed by atoms with Crippen LogP contribution < -0.4 is 14.8 Å². The summed E-state index contributed by atoms with van der Waals surface area (Å²) in [5, 5.41) is 42.2. The monoisotopic (exact) mass is 622 g/mol. The number of sulfone groups is 1. The van der Waals surface area contributed by atoms with E-state index in [0.717, 1.165) is 11.2 Å². The summed E-state index contributed by atoms with van der Waals surface area (Å²) < 4.78 is 41.4. The number of aliphatic carboxylic acids is 1. The molecular formula is C27H30N2O13S. The molecule has 0 saturated carbocycles. The van der Waals surface area contributed by atoms with E-state index < -0.39 is 76.0 Å². The van der Waals surface area contributed by atoms with Crippen LogP contribution >= 0.6 is 0 Å². The molecule has 1 fully saturated rings. The second kappa shape index (κ2) is 12.3. The number of carboxylic acids is 1. The van der Waals surface area contributed by atoms with Gasteiger partial charge in [-0.15, -0.1) is 0 Å². The fraction of sp³-hybridized carbons (Fsp3) is 0.407. The third-order valence-corrected chi connectivity index (χ3v) is 7.66. The van der Waals surface area contributed by atoms with Crippen molar-refractivity contribution in [3.8, 4) is 11.5 Å². The third-order valence-electron chi connectivity index (χ3n) is 6.74. The molecule has 2 aromatic rings. The molecule has 16 heteroatoms. The van der Waals surface area contributed by atoms with E-state index >= 15 is 0 Å². The van der Waals surface area contributed by atoms with Crippen LogP contribution in [0, 0.1) is 0 Å². The highest BCUT2D eigenvalue weighted by atomic mass is 32.2. The van der Waals surface area contributed by atoms with E-state index in [1.54, 1.807) is 6.92 Å². The molecule has 0 unspecified atom stereocenters. The summed E-state index contributed by atoms with van der Waals surface area (Å²) in [4.78, 5) is 51.0. The van der Waals surface area contributed by atoms with Gasteiger partial charge in [0.1, 0.15) is 28.1 Å². The molecule has 3 amide bonds. The maximum atomic E-state index is 13.6. The number of aliphatic hydroxyl groups is 3. The zero-order valence-electron chi connectivity index (χ0n) is 23.2. The van der Waals surface area contributed by atoms with E-state index in [0.29, 0.717) is 0 Å². The van der Waals surface area contributed by atoms with Gasteiger partial charge in [-0.05, 0) is 36.8 Å². The minimum absolute atomic E-state index is 0.0306. The Morgan fingerprint density at radius 3 is 2.35 bits per heavy atom. The Balaban J connectivity index is 1.73. The molecule has 0 bridgehead atoms. The lowest BCUT2D eigenvalue weighted by molar-refractivity contribution is -0.271. The van der Waals surface area contributed by atoms with Gasteiger partial charge in [-0.25, -0.2) is 13.2 Å². The first-order valence-corrected chi connectivity index (χ1v) is 15.0. The molecule has 0 radical (unpaired) electrons. The largest absolute Gasteiger partial charge is 0.490 e. The average molecular weight is 623 g/mol. The number of hydrogen-bond acceptors (Lipinski definition) is 12. The van der Waals surface area contributed by atoms with Crippen molar-refractivity contribution in [2.45, 2.75) is 50.6 Å². The Morgan fingerprint density at radius 1 is 1.05 bits per heavy atom. The molecule has 6 atom stereocenters. The third kappa shape index (κ3) is 6.47. The quantitative estimate of drug-likeness (QED) is 0.215. The van der Waals surface area contributed by atoms with E-state index in [9.17, 15) is 48.0 Å². The van der Waals surface area contributed by atoms with Crippen LogP contribution in [0.3, 0.4) is 0 Å². The molecule has 5 N–H and O–H groups in total. The number of amides is 3. The van der Waals surface area contributed by atoms with Crippen LogP contribution in [0.15, 0.2) is 36.4 Å². The van der Waals surface area contributed by atoms with Gasteiger partial charge in [0.05, 0.1) is 35.2 Å². The lowest BCUT2D eigenvalue weighted by Gasteiger charge is -2.38. The summed E-state index contributed by atoms with van der Waals surface area (Å²) >= 11 is 0. The number of imide groups is 1. The van der Waals surface area contributed by atoms with Crippen molar-refractivity contribution in [2.24, 2.45) is 0 Å². The number of aliphatic hydroxyl groups excluding tert-OH is 3. The summed E-state index contributed by atoms with van der Waals surface area (Å²) in [7, 11) is -3.81. The molecule has 1 saturated heterocycles. The number of hydrogen-bond donors (Lipinski definition) is 5. The lowest BCUT2D eigenvalue weighted by atomic mass is 9.99. The normalized spacial score (nSPS) is 24.3. The fourth-order valence-corrected chi connectivity index (χ4v) is 5.77. The predicted octanol–water partition coefficient (Wildman–Crippen LogP) is -0.303. The van der Waals surface area contributed by atoms with Gasteiger partial charge in [0.2, 0.25) is 12.2 Å². The highest BCUT2D eigenvalue weighted by molar-refractivity contribution is 7.90. The molecule has 0 aromatic heterocycles. The second-order valence-electron chi connectivity index (χ2n) is 9.99. The van der Waals surface area contributed by atoms with Crippen molar-refractivity contribution in [1.29, 1.82) is 0 Å². The number of benzene rings is 2. The number of nitrogens with one attached hydrogen (secondary N) is 1. The summed E-state index contributed by atoms with van der Waals surface area (Å²) in [5.74, 6) is -4.58. The number of nitrogens with zero attached hydrogens (tertiary/aromatic N) is 1. The molecule has 232 valence electrons. The van der Waals surface area contributed by atoms with Crippen LogP contribution in [-0.2, 0) is 24.2 Å². The van der Waals surface area contributed by atoms with E-state index in [-0.39, 0.29) is 40.5 Å². The molecule has 15 nitrogen and oxygen atoms in total. The first-order valence-electron chi connectivity index (χ1n) is 13.0.